The fourth-order valence-electron chi connectivity index (χ4n) is 2.68. The zero-order chi connectivity index (χ0) is 17.1. The van der Waals surface area contributed by atoms with Crippen LogP contribution in [0, 0.1) is 10.1 Å². The lowest BCUT2D eigenvalue weighted by atomic mass is 10.1. The van der Waals surface area contributed by atoms with Crippen LogP contribution in [-0.4, -0.2) is 23.3 Å². The predicted molar refractivity (Wildman–Crippen MR) is 89.1 cm³/mol. The summed E-state index contributed by atoms with van der Waals surface area (Å²) in [6, 6.07) is 12.8. The van der Waals surface area contributed by atoms with Crippen molar-refractivity contribution in [2.75, 3.05) is 16.8 Å². The maximum atomic E-state index is 12.6. The highest BCUT2D eigenvalue weighted by Crippen LogP contribution is 2.29. The summed E-state index contributed by atoms with van der Waals surface area (Å²) in [6.45, 7) is 0.502. The highest BCUT2D eigenvalue weighted by atomic mass is 16.6. The number of rotatable bonds is 4. The molecule has 24 heavy (non-hydrogen) atoms. The van der Waals surface area contributed by atoms with Gasteiger partial charge in [-0.15, -0.1) is 0 Å². The van der Waals surface area contributed by atoms with E-state index in [0.29, 0.717) is 30.8 Å². The molecule has 0 atom stereocenters. The number of non-ortho nitro benzene ring substituents is 1. The summed E-state index contributed by atoms with van der Waals surface area (Å²) in [5.41, 5.74) is 0.899. The number of nitro groups is 1. The Morgan fingerprint density at radius 1 is 1.17 bits per heavy atom. The lowest BCUT2D eigenvalue weighted by molar-refractivity contribution is -0.384. The molecule has 1 aliphatic heterocycles. The molecule has 0 spiro atoms. The lowest BCUT2D eigenvalue weighted by Gasteiger charge is -2.19. The van der Waals surface area contributed by atoms with Crippen molar-refractivity contribution in [2.45, 2.75) is 12.8 Å². The van der Waals surface area contributed by atoms with Gasteiger partial charge in [0.25, 0.3) is 11.6 Å². The van der Waals surface area contributed by atoms with Gasteiger partial charge in [0.05, 0.1) is 16.2 Å². The molecule has 3 rings (SSSR count). The van der Waals surface area contributed by atoms with Gasteiger partial charge >= 0.3 is 0 Å². The Hall–Kier alpha value is -3.22. The Morgan fingerprint density at radius 3 is 2.54 bits per heavy atom. The molecule has 1 fully saturated rings. The van der Waals surface area contributed by atoms with Crippen LogP contribution < -0.4 is 10.2 Å². The molecule has 0 unspecified atom stereocenters. The second-order valence-electron chi connectivity index (χ2n) is 5.43. The highest BCUT2D eigenvalue weighted by Gasteiger charge is 2.27. The van der Waals surface area contributed by atoms with E-state index in [-0.39, 0.29) is 17.2 Å². The van der Waals surface area contributed by atoms with E-state index in [1.807, 2.05) is 6.07 Å². The highest BCUT2D eigenvalue weighted by molar-refractivity contribution is 6.11. The molecule has 1 aliphatic rings. The first kappa shape index (κ1) is 15.7. The molecule has 2 amide bonds. The standard InChI is InChI=1S/C17H15N3O4/c21-16-7-4-10-19(16)15-9-8-13(20(23)24)11-14(15)17(22)18-12-5-2-1-3-6-12/h1-3,5-6,8-9,11H,4,7,10H2,(H,18,22). The van der Waals surface area contributed by atoms with Crippen LogP contribution in [0.5, 0.6) is 0 Å². The molecule has 0 bridgehead atoms. The van der Waals surface area contributed by atoms with E-state index in [4.69, 9.17) is 0 Å². The Bertz CT molecular complexity index is 805. The van der Waals surface area contributed by atoms with Crippen LogP contribution in [0.3, 0.4) is 0 Å². The van der Waals surface area contributed by atoms with Gasteiger partial charge in [0.1, 0.15) is 0 Å². The van der Waals surface area contributed by atoms with Gasteiger partial charge in [-0.3, -0.25) is 19.7 Å². The molecule has 2 aromatic carbocycles. The lowest BCUT2D eigenvalue weighted by Crippen LogP contribution is -2.27. The molecule has 1 saturated heterocycles. The van der Waals surface area contributed by atoms with E-state index in [0.717, 1.165) is 0 Å². The number of benzene rings is 2. The van der Waals surface area contributed by atoms with Crippen molar-refractivity contribution in [1.29, 1.82) is 0 Å². The molecule has 0 saturated carbocycles. The molecular weight excluding hydrogens is 310 g/mol. The maximum absolute atomic E-state index is 12.6. The van der Waals surface area contributed by atoms with Crippen molar-refractivity contribution in [3.05, 3.63) is 64.2 Å². The Morgan fingerprint density at radius 2 is 1.92 bits per heavy atom. The van der Waals surface area contributed by atoms with Crippen LogP contribution in [0.25, 0.3) is 0 Å². The minimum Gasteiger partial charge on any atom is -0.322 e. The second-order valence-corrected chi connectivity index (χ2v) is 5.43. The predicted octanol–water partition coefficient (Wildman–Crippen LogP) is 2.97. The molecule has 1 heterocycles. The Balaban J connectivity index is 1.99. The average Bonchev–Trinajstić information content (AvgIpc) is 3.01. The zero-order valence-corrected chi connectivity index (χ0v) is 12.8. The number of carbonyl (C=O) groups excluding carboxylic acids is 2. The van der Waals surface area contributed by atoms with E-state index in [1.54, 1.807) is 24.3 Å². The molecule has 7 heteroatoms. The minimum absolute atomic E-state index is 0.0855. The number of amides is 2. The van der Waals surface area contributed by atoms with Crippen molar-refractivity contribution >= 4 is 28.9 Å². The largest absolute Gasteiger partial charge is 0.322 e. The summed E-state index contributed by atoms with van der Waals surface area (Å²) in [4.78, 5) is 36.6. The number of carbonyl (C=O) groups is 2. The third-order valence-electron chi connectivity index (χ3n) is 3.83. The Kier molecular flexibility index (Phi) is 4.24. The van der Waals surface area contributed by atoms with Crippen LogP contribution in [0.1, 0.15) is 23.2 Å². The summed E-state index contributed by atoms with van der Waals surface area (Å²) in [5, 5.41) is 13.7. The van der Waals surface area contributed by atoms with Gasteiger partial charge in [-0.2, -0.15) is 0 Å². The first-order chi connectivity index (χ1) is 11.6. The van der Waals surface area contributed by atoms with E-state index in [9.17, 15) is 19.7 Å². The van der Waals surface area contributed by atoms with Crippen molar-refractivity contribution in [3.63, 3.8) is 0 Å². The van der Waals surface area contributed by atoms with Gasteiger partial charge in [-0.1, -0.05) is 18.2 Å². The number of anilines is 2. The van der Waals surface area contributed by atoms with E-state index >= 15 is 0 Å². The smallest absolute Gasteiger partial charge is 0.270 e. The van der Waals surface area contributed by atoms with Crippen LogP contribution in [0.2, 0.25) is 0 Å². The molecule has 7 nitrogen and oxygen atoms in total. The fourth-order valence-corrected chi connectivity index (χ4v) is 2.68. The van der Waals surface area contributed by atoms with Crippen molar-refractivity contribution < 1.29 is 14.5 Å². The van der Waals surface area contributed by atoms with E-state index in [1.165, 1.54) is 23.1 Å². The van der Waals surface area contributed by atoms with Gasteiger partial charge in [-0.25, -0.2) is 0 Å². The molecule has 1 N–H and O–H groups in total. The van der Waals surface area contributed by atoms with Gasteiger partial charge in [0.15, 0.2) is 0 Å². The second kappa shape index (κ2) is 6.49. The van der Waals surface area contributed by atoms with Gasteiger partial charge in [-0.05, 0) is 24.6 Å². The molecular formula is C17H15N3O4. The minimum atomic E-state index is -0.561. The van der Waals surface area contributed by atoms with Crippen molar-refractivity contribution in [1.82, 2.24) is 0 Å². The van der Waals surface area contributed by atoms with Crippen LogP contribution in [0.15, 0.2) is 48.5 Å². The van der Waals surface area contributed by atoms with E-state index < -0.39 is 10.8 Å². The van der Waals surface area contributed by atoms with Crippen LogP contribution >= 0.6 is 0 Å². The van der Waals surface area contributed by atoms with Crippen LogP contribution in [-0.2, 0) is 4.79 Å². The van der Waals surface area contributed by atoms with Gasteiger partial charge in [0.2, 0.25) is 5.91 Å². The van der Waals surface area contributed by atoms with Crippen molar-refractivity contribution in [2.24, 2.45) is 0 Å². The number of nitro benzene ring substituents is 1. The molecule has 122 valence electrons. The monoisotopic (exact) mass is 325 g/mol. The number of nitrogens with zero attached hydrogens (tertiary/aromatic N) is 2. The number of nitrogens with one attached hydrogen (secondary N) is 1. The molecule has 0 aliphatic carbocycles. The first-order valence-corrected chi connectivity index (χ1v) is 7.51. The zero-order valence-electron chi connectivity index (χ0n) is 12.8. The average molecular weight is 325 g/mol. The maximum Gasteiger partial charge on any atom is 0.270 e. The van der Waals surface area contributed by atoms with Gasteiger partial charge in [0, 0.05) is 30.8 Å². The third kappa shape index (κ3) is 3.10. The third-order valence-corrected chi connectivity index (χ3v) is 3.83. The summed E-state index contributed by atoms with van der Waals surface area (Å²) in [5.74, 6) is -0.572. The summed E-state index contributed by atoms with van der Waals surface area (Å²) in [6.07, 6.45) is 1.12. The summed E-state index contributed by atoms with van der Waals surface area (Å²) >= 11 is 0. The number of para-hydroxylation sites is 1. The number of hydrogen-bond donors (Lipinski definition) is 1. The normalized spacial score (nSPS) is 13.8. The number of hydrogen-bond acceptors (Lipinski definition) is 4. The summed E-state index contributed by atoms with van der Waals surface area (Å²) in [7, 11) is 0. The van der Waals surface area contributed by atoms with Gasteiger partial charge < -0.3 is 10.2 Å². The van der Waals surface area contributed by atoms with E-state index in [2.05, 4.69) is 5.32 Å². The first-order valence-electron chi connectivity index (χ1n) is 7.51. The topological polar surface area (TPSA) is 92.5 Å². The Labute approximate surface area is 138 Å². The quantitative estimate of drug-likeness (QED) is 0.691. The fraction of sp³-hybridized carbons (Fsp3) is 0.176. The SMILES string of the molecule is O=C(Nc1ccccc1)c1cc([N+](=O)[O-])ccc1N1CCCC1=O. The van der Waals surface area contributed by atoms with Crippen molar-refractivity contribution in [3.8, 4) is 0 Å². The summed E-state index contributed by atoms with van der Waals surface area (Å²) < 4.78 is 0. The van der Waals surface area contributed by atoms with Crippen LogP contribution in [0.4, 0.5) is 17.1 Å². The molecule has 0 aromatic heterocycles. The molecule has 0 radical (unpaired) electrons. The molecule has 2 aromatic rings.